The molecule has 0 bridgehead atoms. The zero-order valence-electron chi connectivity index (χ0n) is 11.3. The van der Waals surface area contributed by atoms with E-state index in [1.165, 1.54) is 25.8 Å². The second kappa shape index (κ2) is 5.87. The Morgan fingerprint density at radius 3 is 2.72 bits per heavy atom. The highest BCUT2D eigenvalue weighted by Crippen LogP contribution is 2.32. The number of hydrogen-bond acceptors (Lipinski definition) is 4. The monoisotopic (exact) mass is 255 g/mol. The lowest BCUT2D eigenvalue weighted by Crippen LogP contribution is -2.53. The van der Waals surface area contributed by atoms with Crippen LogP contribution >= 0.6 is 0 Å². The molecule has 0 aromatic carbocycles. The lowest BCUT2D eigenvalue weighted by Gasteiger charge is -2.41. The number of morpholine rings is 1. The molecule has 2 heterocycles. The van der Waals surface area contributed by atoms with Gasteiger partial charge < -0.3 is 14.2 Å². The molecule has 2 saturated heterocycles. The Bertz CT molecular complexity index is 268. The minimum atomic E-state index is 0.309. The summed E-state index contributed by atoms with van der Waals surface area (Å²) in [6.45, 7) is 5.08. The maximum atomic E-state index is 5.93. The molecule has 3 atom stereocenters. The molecule has 3 rings (SSSR count). The fourth-order valence-corrected chi connectivity index (χ4v) is 3.73. The molecule has 3 fully saturated rings. The number of nitrogens with zero attached hydrogens (tertiary/aromatic N) is 1. The van der Waals surface area contributed by atoms with Crippen molar-refractivity contribution in [2.75, 3.05) is 40.0 Å². The third-order valence-electron chi connectivity index (χ3n) is 4.79. The van der Waals surface area contributed by atoms with Gasteiger partial charge in [0.05, 0.1) is 18.8 Å². The summed E-state index contributed by atoms with van der Waals surface area (Å²) in [5.74, 6) is 0.819. The quantitative estimate of drug-likeness (QED) is 0.760. The average molecular weight is 255 g/mol. The Morgan fingerprint density at radius 1 is 1.11 bits per heavy atom. The van der Waals surface area contributed by atoms with Crippen LogP contribution in [0, 0.1) is 5.92 Å². The van der Waals surface area contributed by atoms with E-state index >= 15 is 0 Å². The number of methoxy groups -OCH3 is 1. The molecule has 3 aliphatic rings. The van der Waals surface area contributed by atoms with Gasteiger partial charge in [-0.1, -0.05) is 0 Å². The lowest BCUT2D eigenvalue weighted by molar-refractivity contribution is -0.109. The van der Waals surface area contributed by atoms with Crippen molar-refractivity contribution in [1.29, 1.82) is 0 Å². The summed E-state index contributed by atoms with van der Waals surface area (Å²) in [5.41, 5.74) is 0. The van der Waals surface area contributed by atoms with Crippen LogP contribution in [0.25, 0.3) is 0 Å². The number of rotatable bonds is 3. The van der Waals surface area contributed by atoms with Gasteiger partial charge in [0.25, 0.3) is 0 Å². The zero-order valence-corrected chi connectivity index (χ0v) is 11.3. The minimum Gasteiger partial charge on any atom is -0.381 e. The smallest absolute Gasteiger partial charge is 0.0991 e. The summed E-state index contributed by atoms with van der Waals surface area (Å²) in [4.78, 5) is 2.66. The molecule has 4 nitrogen and oxygen atoms in total. The highest BCUT2D eigenvalue weighted by molar-refractivity contribution is 4.96. The fraction of sp³-hybridized carbons (Fsp3) is 1.00. The van der Waals surface area contributed by atoms with E-state index < -0.39 is 0 Å². The van der Waals surface area contributed by atoms with Gasteiger partial charge in [0.2, 0.25) is 0 Å². The van der Waals surface area contributed by atoms with Crippen molar-refractivity contribution >= 4 is 0 Å². The second-order valence-electron chi connectivity index (χ2n) is 5.80. The maximum Gasteiger partial charge on any atom is 0.0991 e. The molecule has 0 unspecified atom stereocenters. The van der Waals surface area contributed by atoms with Crippen LogP contribution in [0.3, 0.4) is 0 Å². The molecule has 104 valence electrons. The van der Waals surface area contributed by atoms with Crippen LogP contribution in [-0.4, -0.2) is 63.2 Å². The third-order valence-corrected chi connectivity index (χ3v) is 4.79. The molecule has 0 radical (unpaired) electrons. The largest absolute Gasteiger partial charge is 0.381 e. The molecule has 0 spiro atoms. The van der Waals surface area contributed by atoms with Crippen molar-refractivity contribution in [3.8, 4) is 0 Å². The molecule has 4 heteroatoms. The summed E-state index contributed by atoms with van der Waals surface area (Å²) in [7, 11) is 1.81. The van der Waals surface area contributed by atoms with Gasteiger partial charge in [0.1, 0.15) is 0 Å². The Hall–Kier alpha value is -0.160. The van der Waals surface area contributed by atoms with Crippen LogP contribution in [0.5, 0.6) is 0 Å². The van der Waals surface area contributed by atoms with Crippen molar-refractivity contribution < 1.29 is 14.2 Å². The second-order valence-corrected chi connectivity index (χ2v) is 5.80. The van der Waals surface area contributed by atoms with Crippen molar-refractivity contribution in [1.82, 2.24) is 4.90 Å². The first-order valence-electron chi connectivity index (χ1n) is 7.34. The van der Waals surface area contributed by atoms with Crippen LogP contribution in [-0.2, 0) is 14.2 Å². The number of fused-ring (bicyclic) bond motifs is 1. The molecular formula is C14H25NO3. The fourth-order valence-electron chi connectivity index (χ4n) is 3.73. The van der Waals surface area contributed by atoms with Crippen LogP contribution in [0.4, 0.5) is 0 Å². The van der Waals surface area contributed by atoms with Gasteiger partial charge in [0, 0.05) is 39.5 Å². The first-order chi connectivity index (χ1) is 8.88. The van der Waals surface area contributed by atoms with E-state index in [1.807, 2.05) is 7.11 Å². The highest BCUT2D eigenvalue weighted by Gasteiger charge is 2.43. The Labute approximate surface area is 110 Å². The average Bonchev–Trinajstić information content (AvgIpc) is 2.84. The molecule has 18 heavy (non-hydrogen) atoms. The predicted molar refractivity (Wildman–Crippen MR) is 68.7 cm³/mol. The summed E-state index contributed by atoms with van der Waals surface area (Å²) in [5, 5.41) is 0. The van der Waals surface area contributed by atoms with Crippen LogP contribution in [0.2, 0.25) is 0 Å². The van der Waals surface area contributed by atoms with E-state index in [4.69, 9.17) is 14.2 Å². The summed E-state index contributed by atoms with van der Waals surface area (Å²) >= 11 is 0. The molecule has 2 aliphatic heterocycles. The zero-order chi connectivity index (χ0) is 12.4. The van der Waals surface area contributed by atoms with Gasteiger partial charge in [-0.15, -0.1) is 0 Å². The van der Waals surface area contributed by atoms with Crippen molar-refractivity contribution in [2.24, 2.45) is 5.92 Å². The normalized spacial score (nSPS) is 38.8. The van der Waals surface area contributed by atoms with Gasteiger partial charge in [-0.25, -0.2) is 0 Å². The molecular weight excluding hydrogens is 230 g/mol. The van der Waals surface area contributed by atoms with Gasteiger partial charge in [-0.3, -0.25) is 4.90 Å². The lowest BCUT2D eigenvalue weighted by atomic mass is 9.98. The summed E-state index contributed by atoms with van der Waals surface area (Å²) in [6.07, 6.45) is 5.45. The molecule has 1 aliphatic carbocycles. The topological polar surface area (TPSA) is 30.9 Å². The minimum absolute atomic E-state index is 0.309. The van der Waals surface area contributed by atoms with E-state index in [-0.39, 0.29) is 0 Å². The Balaban J connectivity index is 1.58. The Kier molecular flexibility index (Phi) is 4.19. The highest BCUT2D eigenvalue weighted by atomic mass is 16.5. The first kappa shape index (κ1) is 12.9. The SMILES string of the molecule is CO[C@@H]1CC[C@H]2[C@H]1OCCN2CC1CCOCC1. The first-order valence-corrected chi connectivity index (χ1v) is 7.34. The number of hydrogen-bond donors (Lipinski definition) is 0. The molecule has 0 amide bonds. The Morgan fingerprint density at radius 2 is 1.94 bits per heavy atom. The summed E-state index contributed by atoms with van der Waals surface area (Å²) in [6, 6.07) is 0.589. The summed E-state index contributed by atoms with van der Waals surface area (Å²) < 4.78 is 16.9. The predicted octanol–water partition coefficient (Wildman–Crippen LogP) is 1.29. The van der Waals surface area contributed by atoms with Crippen LogP contribution in [0.1, 0.15) is 25.7 Å². The van der Waals surface area contributed by atoms with Gasteiger partial charge in [0.15, 0.2) is 0 Å². The van der Waals surface area contributed by atoms with E-state index in [1.54, 1.807) is 0 Å². The van der Waals surface area contributed by atoms with Gasteiger partial charge in [-0.05, 0) is 31.6 Å². The molecule has 0 aromatic heterocycles. The van der Waals surface area contributed by atoms with E-state index in [0.29, 0.717) is 18.2 Å². The van der Waals surface area contributed by atoms with E-state index in [9.17, 15) is 0 Å². The molecule has 0 aromatic rings. The number of ether oxygens (including phenoxy) is 3. The third kappa shape index (κ3) is 2.57. The molecule has 1 saturated carbocycles. The standard InChI is InChI=1S/C14H25NO3/c1-16-13-3-2-12-14(13)18-9-6-15(12)10-11-4-7-17-8-5-11/h11-14H,2-10H2,1H3/t12-,13+,14+/m0/s1. The van der Waals surface area contributed by atoms with Crippen LogP contribution in [0.15, 0.2) is 0 Å². The van der Waals surface area contributed by atoms with E-state index in [0.717, 1.165) is 38.7 Å². The van der Waals surface area contributed by atoms with Crippen molar-refractivity contribution in [2.45, 2.75) is 43.9 Å². The maximum absolute atomic E-state index is 5.93. The van der Waals surface area contributed by atoms with Crippen molar-refractivity contribution in [3.63, 3.8) is 0 Å². The van der Waals surface area contributed by atoms with E-state index in [2.05, 4.69) is 4.90 Å². The van der Waals surface area contributed by atoms with Gasteiger partial charge >= 0.3 is 0 Å². The van der Waals surface area contributed by atoms with Gasteiger partial charge in [-0.2, -0.15) is 0 Å². The van der Waals surface area contributed by atoms with Crippen LogP contribution < -0.4 is 0 Å². The molecule has 0 N–H and O–H groups in total. The van der Waals surface area contributed by atoms with Crippen molar-refractivity contribution in [3.05, 3.63) is 0 Å².